The number of amides is 4. The van der Waals surface area contributed by atoms with Crippen LogP contribution in [0.25, 0.3) is 0 Å². The smallest absolute Gasteiger partial charge is 0.324 e. The first-order chi connectivity index (χ1) is 15.8. The summed E-state index contributed by atoms with van der Waals surface area (Å²) in [4.78, 5) is 48.9. The number of nitro groups is 1. The lowest BCUT2D eigenvalue weighted by molar-refractivity contribution is -0.384. The van der Waals surface area contributed by atoms with Crippen LogP contribution in [0.3, 0.4) is 0 Å². The van der Waals surface area contributed by atoms with Crippen LogP contribution in [0.1, 0.15) is 24.8 Å². The van der Waals surface area contributed by atoms with Gasteiger partial charge < -0.3 is 20.7 Å². The number of ether oxygens (including phenoxy) is 1. The molecule has 3 N–H and O–H groups in total. The van der Waals surface area contributed by atoms with Crippen molar-refractivity contribution < 1.29 is 24.0 Å². The number of urea groups is 1. The summed E-state index contributed by atoms with van der Waals surface area (Å²) in [6.45, 7) is 1.07. The van der Waals surface area contributed by atoms with Gasteiger partial charge in [-0.3, -0.25) is 24.6 Å². The summed E-state index contributed by atoms with van der Waals surface area (Å²) in [5.74, 6) is -1.04. The van der Waals surface area contributed by atoms with E-state index in [0.717, 1.165) is 0 Å². The SMILES string of the molecule is COCCN1C(=O)NC2CC(C(=O)NCCNc3ccc([N+](=O)[O-])cc3C#N)CCC2C1=O. The molecule has 1 aliphatic carbocycles. The van der Waals surface area contributed by atoms with Crippen molar-refractivity contribution in [2.45, 2.75) is 25.3 Å². The van der Waals surface area contributed by atoms with Gasteiger partial charge in [0.25, 0.3) is 5.69 Å². The average Bonchev–Trinajstić information content (AvgIpc) is 2.81. The Kier molecular flexibility index (Phi) is 7.78. The fourth-order valence-electron chi connectivity index (χ4n) is 4.21. The highest BCUT2D eigenvalue weighted by Gasteiger charge is 2.45. The van der Waals surface area contributed by atoms with E-state index < -0.39 is 11.0 Å². The van der Waals surface area contributed by atoms with Crippen molar-refractivity contribution in [3.8, 4) is 6.07 Å². The van der Waals surface area contributed by atoms with Crippen LogP contribution in [0.2, 0.25) is 0 Å². The number of carbonyl (C=O) groups is 3. The van der Waals surface area contributed by atoms with Crippen molar-refractivity contribution in [3.63, 3.8) is 0 Å². The van der Waals surface area contributed by atoms with Gasteiger partial charge in [-0.05, 0) is 25.3 Å². The number of benzene rings is 1. The Labute approximate surface area is 190 Å². The molecule has 1 aliphatic heterocycles. The summed E-state index contributed by atoms with van der Waals surface area (Å²) in [5.41, 5.74) is 0.418. The van der Waals surface area contributed by atoms with Crippen molar-refractivity contribution in [1.82, 2.24) is 15.5 Å². The van der Waals surface area contributed by atoms with Gasteiger partial charge in [-0.2, -0.15) is 5.26 Å². The number of hydrogen-bond donors (Lipinski definition) is 3. The number of nitrogens with one attached hydrogen (secondary N) is 3. The number of nitrogens with zero attached hydrogens (tertiary/aromatic N) is 3. The van der Waals surface area contributed by atoms with Crippen molar-refractivity contribution in [2.24, 2.45) is 11.8 Å². The zero-order valence-electron chi connectivity index (χ0n) is 18.2. The first kappa shape index (κ1) is 23.9. The standard InChI is InChI=1S/C21H26N6O6/c1-33-9-8-26-20(29)16-4-2-13(11-18(16)25-21(26)30)19(28)24-7-6-23-17-5-3-15(27(31)32)10-14(17)12-22/h3,5,10,13,16,18,23H,2,4,6-9,11H2,1H3,(H,24,28)(H,25,30). The number of fused-ring (bicyclic) bond motifs is 1. The van der Waals surface area contributed by atoms with E-state index in [9.17, 15) is 29.8 Å². The van der Waals surface area contributed by atoms with Crippen molar-refractivity contribution in [2.75, 3.05) is 38.7 Å². The van der Waals surface area contributed by atoms with Gasteiger partial charge in [0.1, 0.15) is 6.07 Å². The quantitative estimate of drug-likeness (QED) is 0.280. The van der Waals surface area contributed by atoms with Gasteiger partial charge in [-0.15, -0.1) is 0 Å². The topological polar surface area (TPSA) is 167 Å². The van der Waals surface area contributed by atoms with Crippen LogP contribution in [0, 0.1) is 33.3 Å². The van der Waals surface area contributed by atoms with E-state index in [-0.39, 0.29) is 60.6 Å². The van der Waals surface area contributed by atoms with Crippen LogP contribution >= 0.6 is 0 Å². The third-order valence-corrected chi connectivity index (χ3v) is 5.95. The molecule has 1 heterocycles. The normalized spacial score (nSPS) is 22.1. The second-order valence-electron chi connectivity index (χ2n) is 7.97. The lowest BCUT2D eigenvalue weighted by Gasteiger charge is -2.41. The number of nitro benzene ring substituents is 1. The van der Waals surface area contributed by atoms with E-state index >= 15 is 0 Å². The Balaban J connectivity index is 1.47. The number of hydrogen-bond acceptors (Lipinski definition) is 8. The van der Waals surface area contributed by atoms with Gasteiger partial charge in [0.15, 0.2) is 0 Å². The predicted molar refractivity (Wildman–Crippen MR) is 116 cm³/mol. The highest BCUT2D eigenvalue weighted by molar-refractivity contribution is 5.99. The van der Waals surface area contributed by atoms with Gasteiger partial charge in [0, 0.05) is 44.3 Å². The van der Waals surface area contributed by atoms with Crippen LogP contribution in [-0.4, -0.2) is 67.1 Å². The van der Waals surface area contributed by atoms with E-state index in [2.05, 4.69) is 16.0 Å². The highest BCUT2D eigenvalue weighted by Crippen LogP contribution is 2.33. The number of rotatable bonds is 9. The van der Waals surface area contributed by atoms with Crippen LogP contribution in [0.4, 0.5) is 16.2 Å². The van der Waals surface area contributed by atoms with Crippen molar-refractivity contribution in [3.05, 3.63) is 33.9 Å². The molecule has 0 radical (unpaired) electrons. The summed E-state index contributed by atoms with van der Waals surface area (Å²) in [6, 6.07) is 5.03. The van der Waals surface area contributed by atoms with Crippen molar-refractivity contribution in [1.29, 1.82) is 5.26 Å². The maximum Gasteiger partial charge on any atom is 0.324 e. The average molecular weight is 458 g/mol. The molecule has 12 nitrogen and oxygen atoms in total. The zero-order chi connectivity index (χ0) is 24.0. The summed E-state index contributed by atoms with van der Waals surface area (Å²) >= 11 is 0. The molecule has 1 saturated heterocycles. The summed E-state index contributed by atoms with van der Waals surface area (Å²) < 4.78 is 4.95. The van der Waals surface area contributed by atoms with Gasteiger partial charge in [-0.1, -0.05) is 0 Å². The third kappa shape index (κ3) is 5.56. The molecule has 3 rings (SSSR count). The number of carbonyl (C=O) groups excluding carboxylic acids is 3. The first-order valence-corrected chi connectivity index (χ1v) is 10.7. The molecule has 3 unspecified atom stereocenters. The van der Waals surface area contributed by atoms with E-state index in [1.807, 2.05) is 6.07 Å². The van der Waals surface area contributed by atoms with E-state index in [0.29, 0.717) is 31.5 Å². The Hall–Kier alpha value is -3.72. The fraction of sp³-hybridized carbons (Fsp3) is 0.524. The number of non-ortho nitro benzene ring substituents is 1. The van der Waals surface area contributed by atoms with E-state index in [1.54, 1.807) is 0 Å². The molecule has 0 bridgehead atoms. The van der Waals surface area contributed by atoms with Gasteiger partial charge in [0.2, 0.25) is 11.8 Å². The molecule has 3 atom stereocenters. The predicted octanol–water partition coefficient (Wildman–Crippen LogP) is 0.978. The molecule has 0 aromatic heterocycles. The maximum atomic E-state index is 12.6. The van der Waals surface area contributed by atoms with Crippen LogP contribution in [0.5, 0.6) is 0 Å². The van der Waals surface area contributed by atoms with Gasteiger partial charge >= 0.3 is 6.03 Å². The van der Waals surface area contributed by atoms with Crippen LogP contribution in [-0.2, 0) is 14.3 Å². The minimum Gasteiger partial charge on any atom is -0.383 e. The Bertz CT molecular complexity index is 976. The Morgan fingerprint density at radius 1 is 1.36 bits per heavy atom. The van der Waals surface area contributed by atoms with Crippen molar-refractivity contribution >= 4 is 29.2 Å². The van der Waals surface area contributed by atoms with Crippen LogP contribution < -0.4 is 16.0 Å². The molecule has 1 saturated carbocycles. The Morgan fingerprint density at radius 2 is 2.15 bits per heavy atom. The number of anilines is 1. The minimum absolute atomic E-state index is 0.145. The molecule has 176 valence electrons. The summed E-state index contributed by atoms with van der Waals surface area (Å²) in [7, 11) is 1.50. The molecule has 1 aromatic rings. The molecule has 12 heteroatoms. The number of imide groups is 1. The monoisotopic (exact) mass is 458 g/mol. The molecular formula is C21H26N6O6. The lowest BCUT2D eigenvalue weighted by Crippen LogP contribution is -2.62. The summed E-state index contributed by atoms with van der Waals surface area (Å²) in [5, 5.41) is 28.7. The highest BCUT2D eigenvalue weighted by atomic mass is 16.6. The first-order valence-electron chi connectivity index (χ1n) is 10.7. The number of nitriles is 1. The molecule has 4 amide bonds. The fourth-order valence-corrected chi connectivity index (χ4v) is 4.21. The zero-order valence-corrected chi connectivity index (χ0v) is 18.2. The molecular weight excluding hydrogens is 432 g/mol. The molecule has 2 aliphatic rings. The molecule has 0 spiro atoms. The second kappa shape index (κ2) is 10.7. The molecule has 2 fully saturated rings. The number of methoxy groups -OCH3 is 1. The summed E-state index contributed by atoms with van der Waals surface area (Å²) in [6.07, 6.45) is 1.44. The second-order valence-corrected chi connectivity index (χ2v) is 7.97. The third-order valence-electron chi connectivity index (χ3n) is 5.95. The minimum atomic E-state index is -0.570. The van der Waals surface area contributed by atoms with E-state index in [4.69, 9.17) is 4.74 Å². The van der Waals surface area contributed by atoms with Crippen LogP contribution in [0.15, 0.2) is 18.2 Å². The molecule has 1 aromatic carbocycles. The largest absolute Gasteiger partial charge is 0.383 e. The Morgan fingerprint density at radius 3 is 2.85 bits per heavy atom. The molecule has 33 heavy (non-hydrogen) atoms. The van der Waals surface area contributed by atoms with Gasteiger partial charge in [0.05, 0.1) is 35.2 Å². The van der Waals surface area contributed by atoms with E-state index in [1.165, 1.54) is 30.2 Å². The maximum absolute atomic E-state index is 12.6. The van der Waals surface area contributed by atoms with Gasteiger partial charge in [-0.25, -0.2) is 4.79 Å². The lowest BCUT2D eigenvalue weighted by atomic mass is 9.76.